The molecule has 0 heterocycles. The summed E-state index contributed by atoms with van der Waals surface area (Å²) in [6.07, 6.45) is 2.94. The van der Waals surface area contributed by atoms with Crippen LogP contribution in [0.4, 0.5) is 0 Å². The summed E-state index contributed by atoms with van der Waals surface area (Å²) >= 11 is 0. The van der Waals surface area contributed by atoms with Crippen molar-refractivity contribution in [2.24, 2.45) is 17.3 Å². The zero-order valence-corrected chi connectivity index (χ0v) is 15.2. The Balaban J connectivity index is 1.69. The van der Waals surface area contributed by atoms with Crippen molar-refractivity contribution in [2.45, 2.75) is 69.7 Å². The Bertz CT molecular complexity index is 645. The first-order valence-electron chi connectivity index (χ1n) is 9.65. The van der Waals surface area contributed by atoms with Crippen LogP contribution in [-0.4, -0.2) is 40.7 Å². The fourth-order valence-electron chi connectivity index (χ4n) is 5.96. The Morgan fingerprint density at radius 2 is 1.84 bits per heavy atom. The van der Waals surface area contributed by atoms with E-state index in [0.717, 1.165) is 31.4 Å². The standard InChI is InChI=1S/C21H30O4/c1-21-8-7-15-14-6-4-13(25-2)9-12(14)3-5-16(15)17(21)10-18(22)19(23)11-20(21)24/h4,6,9,15-20,22-24H,3,5,7-8,10-11H2,1-2H3/t15-,16-,17+,18+,19-,20-,21+/m1/s1. The Hall–Kier alpha value is -1.10. The van der Waals surface area contributed by atoms with Crippen molar-refractivity contribution in [1.29, 1.82) is 0 Å². The van der Waals surface area contributed by atoms with Crippen LogP contribution in [-0.2, 0) is 6.42 Å². The molecule has 4 nitrogen and oxygen atoms in total. The minimum Gasteiger partial charge on any atom is -0.497 e. The molecular formula is C21H30O4. The first kappa shape index (κ1) is 17.3. The lowest BCUT2D eigenvalue weighted by atomic mass is 9.52. The van der Waals surface area contributed by atoms with Gasteiger partial charge in [-0.25, -0.2) is 0 Å². The average molecular weight is 346 g/mol. The third-order valence-electron chi connectivity index (χ3n) is 7.54. The summed E-state index contributed by atoms with van der Waals surface area (Å²) < 4.78 is 5.38. The van der Waals surface area contributed by atoms with E-state index in [-0.39, 0.29) is 11.3 Å². The van der Waals surface area contributed by atoms with Crippen molar-refractivity contribution in [3.63, 3.8) is 0 Å². The van der Waals surface area contributed by atoms with E-state index in [1.807, 2.05) is 0 Å². The molecule has 0 aliphatic heterocycles. The lowest BCUT2D eigenvalue weighted by Gasteiger charge is -2.53. The van der Waals surface area contributed by atoms with Gasteiger partial charge in [-0.2, -0.15) is 0 Å². The largest absolute Gasteiger partial charge is 0.497 e. The van der Waals surface area contributed by atoms with Gasteiger partial charge >= 0.3 is 0 Å². The summed E-state index contributed by atoms with van der Waals surface area (Å²) in [6.45, 7) is 2.17. The van der Waals surface area contributed by atoms with Crippen LogP contribution in [0.3, 0.4) is 0 Å². The second-order valence-electron chi connectivity index (χ2n) is 8.65. The van der Waals surface area contributed by atoms with E-state index in [4.69, 9.17) is 4.74 Å². The van der Waals surface area contributed by atoms with Gasteiger partial charge in [0.25, 0.3) is 0 Å². The van der Waals surface area contributed by atoms with Crippen molar-refractivity contribution < 1.29 is 20.1 Å². The maximum atomic E-state index is 10.8. The number of aryl methyl sites for hydroxylation is 1. The molecule has 1 aromatic rings. The van der Waals surface area contributed by atoms with Gasteiger partial charge in [0.15, 0.2) is 0 Å². The molecule has 1 aromatic carbocycles. The van der Waals surface area contributed by atoms with Crippen molar-refractivity contribution in [1.82, 2.24) is 0 Å². The molecule has 0 unspecified atom stereocenters. The number of ether oxygens (including phenoxy) is 1. The highest BCUT2D eigenvalue weighted by Gasteiger charge is 2.54. The molecular weight excluding hydrogens is 316 g/mol. The number of methoxy groups -OCH3 is 1. The van der Waals surface area contributed by atoms with Gasteiger partial charge in [0.05, 0.1) is 25.4 Å². The van der Waals surface area contributed by atoms with Gasteiger partial charge in [-0.15, -0.1) is 0 Å². The Morgan fingerprint density at radius 1 is 1.08 bits per heavy atom. The lowest BCUT2D eigenvalue weighted by Crippen LogP contribution is -2.48. The van der Waals surface area contributed by atoms with E-state index in [0.29, 0.717) is 24.7 Å². The van der Waals surface area contributed by atoms with Gasteiger partial charge in [0.2, 0.25) is 0 Å². The SMILES string of the molecule is COc1ccc2c(c1)CC[C@@H]1[C@@H]2CC[C@]2(C)[C@H](O)C[C@@H](O)[C@@H](O)C[C@@H]12. The Morgan fingerprint density at radius 3 is 2.60 bits per heavy atom. The van der Waals surface area contributed by atoms with Crippen molar-refractivity contribution in [3.05, 3.63) is 29.3 Å². The molecule has 4 rings (SSSR count). The molecule has 2 fully saturated rings. The third-order valence-corrected chi connectivity index (χ3v) is 7.54. The van der Waals surface area contributed by atoms with Crippen LogP contribution in [0.2, 0.25) is 0 Å². The van der Waals surface area contributed by atoms with Crippen LogP contribution < -0.4 is 4.74 Å². The second-order valence-corrected chi connectivity index (χ2v) is 8.65. The maximum absolute atomic E-state index is 10.8. The van der Waals surface area contributed by atoms with E-state index < -0.39 is 18.3 Å². The number of fused-ring (bicyclic) bond motifs is 5. The van der Waals surface area contributed by atoms with E-state index in [1.165, 1.54) is 11.1 Å². The predicted octanol–water partition coefficient (Wildman–Crippen LogP) is 2.63. The van der Waals surface area contributed by atoms with Crippen LogP contribution in [0, 0.1) is 17.3 Å². The predicted molar refractivity (Wildman–Crippen MR) is 95.6 cm³/mol. The van der Waals surface area contributed by atoms with E-state index in [2.05, 4.69) is 25.1 Å². The minimum absolute atomic E-state index is 0.205. The molecule has 138 valence electrons. The molecule has 0 aromatic heterocycles. The van der Waals surface area contributed by atoms with Gasteiger partial charge < -0.3 is 20.1 Å². The Labute approximate surface area is 149 Å². The molecule has 0 bridgehead atoms. The average Bonchev–Trinajstić information content (AvgIpc) is 2.70. The fourth-order valence-corrected chi connectivity index (χ4v) is 5.96. The topological polar surface area (TPSA) is 69.9 Å². The van der Waals surface area contributed by atoms with Crippen LogP contribution >= 0.6 is 0 Å². The summed E-state index contributed by atoms with van der Waals surface area (Å²) in [5.74, 6) is 2.13. The molecule has 2 saturated carbocycles. The van der Waals surface area contributed by atoms with Crippen molar-refractivity contribution in [3.8, 4) is 5.75 Å². The normalized spacial score (nSPS) is 43.4. The summed E-state index contributed by atoms with van der Waals surface area (Å²) in [5.41, 5.74) is 2.61. The molecule has 3 N–H and O–H groups in total. The maximum Gasteiger partial charge on any atom is 0.119 e. The number of aliphatic hydroxyl groups excluding tert-OH is 3. The van der Waals surface area contributed by atoms with Gasteiger partial charge in [0, 0.05) is 6.42 Å². The van der Waals surface area contributed by atoms with Gasteiger partial charge in [0.1, 0.15) is 5.75 Å². The second kappa shape index (κ2) is 6.26. The van der Waals surface area contributed by atoms with E-state index in [1.54, 1.807) is 7.11 Å². The summed E-state index contributed by atoms with van der Waals surface area (Å²) in [7, 11) is 1.71. The number of hydrogen-bond donors (Lipinski definition) is 3. The van der Waals surface area contributed by atoms with Crippen molar-refractivity contribution in [2.75, 3.05) is 7.11 Å². The van der Waals surface area contributed by atoms with Gasteiger partial charge in [-0.1, -0.05) is 13.0 Å². The number of aliphatic hydroxyl groups is 3. The monoisotopic (exact) mass is 346 g/mol. The molecule has 0 amide bonds. The van der Waals surface area contributed by atoms with Crippen LogP contribution in [0.25, 0.3) is 0 Å². The van der Waals surface area contributed by atoms with Crippen LogP contribution in [0.1, 0.15) is 56.1 Å². The zero-order valence-electron chi connectivity index (χ0n) is 15.2. The third kappa shape index (κ3) is 2.70. The zero-order chi connectivity index (χ0) is 17.8. The molecule has 25 heavy (non-hydrogen) atoms. The molecule has 0 saturated heterocycles. The van der Waals surface area contributed by atoms with E-state index >= 15 is 0 Å². The molecule has 3 aliphatic carbocycles. The van der Waals surface area contributed by atoms with Gasteiger partial charge in [-0.05, 0) is 78.5 Å². The van der Waals surface area contributed by atoms with Crippen LogP contribution in [0.5, 0.6) is 5.75 Å². The smallest absolute Gasteiger partial charge is 0.119 e. The highest BCUT2D eigenvalue weighted by molar-refractivity contribution is 5.40. The fraction of sp³-hybridized carbons (Fsp3) is 0.714. The van der Waals surface area contributed by atoms with Crippen molar-refractivity contribution >= 4 is 0 Å². The lowest BCUT2D eigenvalue weighted by molar-refractivity contribution is -0.0702. The summed E-state index contributed by atoms with van der Waals surface area (Å²) in [5, 5.41) is 31.4. The first-order valence-corrected chi connectivity index (χ1v) is 9.65. The van der Waals surface area contributed by atoms with Gasteiger partial charge in [-0.3, -0.25) is 0 Å². The summed E-state index contributed by atoms with van der Waals surface area (Å²) in [6, 6.07) is 6.43. The first-order chi connectivity index (χ1) is 11.9. The minimum atomic E-state index is -0.809. The molecule has 0 radical (unpaired) electrons. The highest BCUT2D eigenvalue weighted by atomic mass is 16.5. The molecule has 4 heteroatoms. The summed E-state index contributed by atoms with van der Waals surface area (Å²) in [4.78, 5) is 0. The number of rotatable bonds is 1. The molecule has 7 atom stereocenters. The van der Waals surface area contributed by atoms with E-state index in [9.17, 15) is 15.3 Å². The number of benzene rings is 1. The number of hydrogen-bond acceptors (Lipinski definition) is 4. The molecule has 3 aliphatic rings. The molecule has 0 spiro atoms. The quantitative estimate of drug-likeness (QED) is 0.731. The highest BCUT2D eigenvalue weighted by Crippen LogP contribution is 2.58. The Kier molecular flexibility index (Phi) is 4.33. The van der Waals surface area contributed by atoms with Crippen LogP contribution in [0.15, 0.2) is 18.2 Å².